The fourth-order valence-corrected chi connectivity index (χ4v) is 3.16. The fraction of sp³-hybridized carbons (Fsp3) is 0.235. The molecule has 0 bridgehead atoms. The molecular formula is C17H16N4O4S. The van der Waals surface area contributed by atoms with Crippen LogP contribution in [-0.4, -0.2) is 28.7 Å². The number of hydrogen-bond acceptors (Lipinski definition) is 7. The molecule has 26 heavy (non-hydrogen) atoms. The van der Waals surface area contributed by atoms with Crippen molar-refractivity contribution in [2.24, 2.45) is 0 Å². The number of amides is 1. The fourth-order valence-electron chi connectivity index (χ4n) is 2.26. The van der Waals surface area contributed by atoms with Gasteiger partial charge in [0.05, 0.1) is 35.1 Å². The highest BCUT2D eigenvalue weighted by Gasteiger charge is 2.15. The lowest BCUT2D eigenvalue weighted by Crippen LogP contribution is -2.15. The largest absolute Gasteiger partial charge is 0.494 e. The van der Waals surface area contributed by atoms with E-state index in [4.69, 9.17) is 4.74 Å². The molecule has 0 spiro atoms. The Morgan fingerprint density at radius 3 is 2.77 bits per heavy atom. The van der Waals surface area contributed by atoms with E-state index in [1.54, 1.807) is 0 Å². The Morgan fingerprint density at radius 2 is 2.15 bits per heavy atom. The summed E-state index contributed by atoms with van der Waals surface area (Å²) >= 11 is 1.15. The van der Waals surface area contributed by atoms with Crippen LogP contribution in [0.5, 0.6) is 5.75 Å². The zero-order chi connectivity index (χ0) is 19.3. The molecule has 1 heterocycles. The van der Waals surface area contributed by atoms with Gasteiger partial charge in [0.2, 0.25) is 5.91 Å². The average molecular weight is 372 g/mol. The molecule has 0 aliphatic rings. The number of hydrogen-bond donors (Lipinski definition) is 1. The monoisotopic (exact) mass is 372 g/mol. The minimum Gasteiger partial charge on any atom is -0.494 e. The second kappa shape index (κ2) is 8.31. The van der Waals surface area contributed by atoms with Crippen LogP contribution in [0.1, 0.15) is 16.8 Å². The van der Waals surface area contributed by atoms with E-state index < -0.39 is 4.92 Å². The van der Waals surface area contributed by atoms with Gasteiger partial charge in [-0.3, -0.25) is 14.9 Å². The summed E-state index contributed by atoms with van der Waals surface area (Å²) in [6.45, 7) is 3.64. The van der Waals surface area contributed by atoms with Crippen molar-refractivity contribution in [2.45, 2.75) is 18.9 Å². The smallest absolute Gasteiger partial charge is 0.273 e. The van der Waals surface area contributed by atoms with Crippen molar-refractivity contribution < 1.29 is 14.5 Å². The standard InChI is InChI=1S/C17H16N4O4S/c1-10-6-11(2)19-17(13(10)8-18)26-9-16(22)20-14-5-4-12(21(23)24)7-15(14)25-3/h4-7H,9H2,1-3H3,(H,20,22). The molecule has 2 aromatic rings. The van der Waals surface area contributed by atoms with Gasteiger partial charge in [-0.15, -0.1) is 0 Å². The third-order valence-corrected chi connectivity index (χ3v) is 4.41. The SMILES string of the molecule is COc1cc([N+](=O)[O-])ccc1NC(=O)CSc1nc(C)cc(C)c1C#N. The Balaban J connectivity index is 2.11. The van der Waals surface area contributed by atoms with Gasteiger partial charge in [-0.1, -0.05) is 11.8 Å². The van der Waals surface area contributed by atoms with Crippen molar-refractivity contribution in [1.29, 1.82) is 5.26 Å². The Bertz CT molecular complexity index is 908. The molecule has 1 aromatic heterocycles. The molecule has 0 saturated carbocycles. The van der Waals surface area contributed by atoms with Crippen LogP contribution in [0.2, 0.25) is 0 Å². The lowest BCUT2D eigenvalue weighted by Gasteiger charge is -2.10. The van der Waals surface area contributed by atoms with Gasteiger partial charge < -0.3 is 10.1 Å². The highest BCUT2D eigenvalue weighted by Crippen LogP contribution is 2.29. The molecule has 1 N–H and O–H groups in total. The molecular weight excluding hydrogens is 356 g/mol. The third-order valence-electron chi connectivity index (χ3n) is 3.43. The number of methoxy groups -OCH3 is 1. The van der Waals surface area contributed by atoms with Crippen LogP contribution in [0.4, 0.5) is 11.4 Å². The molecule has 0 aliphatic carbocycles. The van der Waals surface area contributed by atoms with Crippen molar-refractivity contribution in [1.82, 2.24) is 4.98 Å². The van der Waals surface area contributed by atoms with Crippen LogP contribution in [-0.2, 0) is 4.79 Å². The first kappa shape index (κ1) is 19.2. The van der Waals surface area contributed by atoms with Gasteiger partial charge in [-0.05, 0) is 31.5 Å². The minimum atomic E-state index is -0.543. The van der Waals surface area contributed by atoms with Gasteiger partial charge in [-0.2, -0.15) is 5.26 Å². The predicted octanol–water partition coefficient (Wildman–Crippen LogP) is 3.22. The first-order valence-corrected chi connectivity index (χ1v) is 8.47. The first-order chi connectivity index (χ1) is 12.3. The molecule has 0 atom stereocenters. The summed E-state index contributed by atoms with van der Waals surface area (Å²) in [5, 5.41) is 23.2. The Morgan fingerprint density at radius 1 is 1.42 bits per heavy atom. The number of nitrogens with zero attached hydrogens (tertiary/aromatic N) is 3. The summed E-state index contributed by atoms with van der Waals surface area (Å²) in [4.78, 5) is 26.8. The van der Waals surface area contributed by atoms with E-state index in [-0.39, 0.29) is 23.1 Å². The van der Waals surface area contributed by atoms with E-state index in [2.05, 4.69) is 16.4 Å². The van der Waals surface area contributed by atoms with Gasteiger partial charge in [0.1, 0.15) is 16.8 Å². The van der Waals surface area contributed by atoms with Gasteiger partial charge in [-0.25, -0.2) is 4.98 Å². The van der Waals surface area contributed by atoms with E-state index in [0.29, 0.717) is 16.3 Å². The summed E-state index contributed by atoms with van der Waals surface area (Å²) in [5.41, 5.74) is 2.22. The second-order valence-corrected chi connectivity index (χ2v) is 6.32. The van der Waals surface area contributed by atoms with Crippen LogP contribution in [0.15, 0.2) is 29.3 Å². The number of nitro benzene ring substituents is 1. The first-order valence-electron chi connectivity index (χ1n) is 7.49. The van der Waals surface area contributed by atoms with Gasteiger partial charge >= 0.3 is 0 Å². The summed E-state index contributed by atoms with van der Waals surface area (Å²) < 4.78 is 5.09. The summed E-state index contributed by atoms with van der Waals surface area (Å²) in [7, 11) is 1.36. The normalized spacial score (nSPS) is 10.1. The quantitative estimate of drug-likeness (QED) is 0.470. The number of thioether (sulfide) groups is 1. The molecule has 1 amide bonds. The lowest BCUT2D eigenvalue weighted by atomic mass is 10.1. The number of carbonyl (C=O) groups is 1. The highest BCUT2D eigenvalue weighted by molar-refractivity contribution is 8.00. The number of aromatic nitrogens is 1. The Hall–Kier alpha value is -3.12. The molecule has 2 rings (SSSR count). The molecule has 0 fully saturated rings. The number of nitrogens with one attached hydrogen (secondary N) is 1. The number of nitro groups is 1. The van der Waals surface area contributed by atoms with Crippen LogP contribution in [0.3, 0.4) is 0 Å². The maximum Gasteiger partial charge on any atom is 0.273 e. The molecule has 0 unspecified atom stereocenters. The number of benzene rings is 1. The number of carbonyl (C=O) groups excluding carboxylic acids is 1. The van der Waals surface area contributed by atoms with E-state index in [1.807, 2.05) is 19.9 Å². The highest BCUT2D eigenvalue weighted by atomic mass is 32.2. The van der Waals surface area contributed by atoms with Crippen molar-refractivity contribution in [3.05, 3.63) is 51.2 Å². The van der Waals surface area contributed by atoms with Crippen molar-refractivity contribution in [3.63, 3.8) is 0 Å². The topological polar surface area (TPSA) is 118 Å². The van der Waals surface area contributed by atoms with Gasteiger partial charge in [0.25, 0.3) is 5.69 Å². The summed E-state index contributed by atoms with van der Waals surface area (Å²) in [6, 6.07) is 7.84. The van der Waals surface area contributed by atoms with Crippen molar-refractivity contribution in [2.75, 3.05) is 18.2 Å². The molecule has 134 valence electrons. The zero-order valence-electron chi connectivity index (χ0n) is 14.4. The number of rotatable bonds is 6. The van der Waals surface area contributed by atoms with Gasteiger partial charge in [0.15, 0.2) is 0 Å². The van der Waals surface area contributed by atoms with Gasteiger partial charge in [0, 0.05) is 11.8 Å². The molecule has 1 aromatic carbocycles. The maximum atomic E-state index is 12.2. The van der Waals surface area contributed by atoms with Crippen LogP contribution < -0.4 is 10.1 Å². The summed E-state index contributed by atoms with van der Waals surface area (Å²) in [6.07, 6.45) is 0. The summed E-state index contributed by atoms with van der Waals surface area (Å²) in [5.74, 6) is -0.114. The second-order valence-electron chi connectivity index (χ2n) is 5.35. The van der Waals surface area contributed by atoms with Crippen molar-refractivity contribution in [3.8, 4) is 11.8 Å². The number of pyridine rings is 1. The van der Waals surface area contributed by atoms with Crippen LogP contribution in [0.25, 0.3) is 0 Å². The van der Waals surface area contributed by atoms with E-state index >= 15 is 0 Å². The maximum absolute atomic E-state index is 12.2. The zero-order valence-corrected chi connectivity index (χ0v) is 15.2. The van der Waals surface area contributed by atoms with E-state index in [0.717, 1.165) is 23.0 Å². The number of aryl methyl sites for hydroxylation is 2. The average Bonchev–Trinajstić information content (AvgIpc) is 2.59. The molecule has 8 nitrogen and oxygen atoms in total. The molecule has 9 heteroatoms. The molecule has 0 aliphatic heterocycles. The van der Waals surface area contributed by atoms with Crippen molar-refractivity contribution >= 4 is 29.0 Å². The predicted molar refractivity (Wildman–Crippen MR) is 97.4 cm³/mol. The van der Waals surface area contributed by atoms with Crippen LogP contribution >= 0.6 is 11.8 Å². The number of anilines is 1. The van der Waals surface area contributed by atoms with E-state index in [9.17, 15) is 20.2 Å². The Labute approximate surface area is 154 Å². The number of ether oxygens (including phenoxy) is 1. The minimum absolute atomic E-state index is 0.0325. The Kier molecular flexibility index (Phi) is 6.14. The lowest BCUT2D eigenvalue weighted by molar-refractivity contribution is -0.384. The molecule has 0 radical (unpaired) electrons. The van der Waals surface area contributed by atoms with E-state index in [1.165, 1.54) is 25.3 Å². The van der Waals surface area contributed by atoms with Crippen LogP contribution in [0, 0.1) is 35.3 Å². The third kappa shape index (κ3) is 4.49. The molecule has 0 saturated heterocycles. The number of non-ortho nitro benzene ring substituents is 1. The number of nitriles is 1.